The number of carbonyl (C=O) groups excluding carboxylic acids is 1. The molecule has 0 aromatic heterocycles. The average molecular weight is 314 g/mol. The Balaban J connectivity index is 4.83. The maximum atomic E-state index is 13.1. The van der Waals surface area contributed by atoms with Crippen molar-refractivity contribution in [2.24, 2.45) is 0 Å². The second-order valence-corrected chi connectivity index (χ2v) is 4.99. The Kier molecular flexibility index (Phi) is 6.16. The highest BCUT2D eigenvalue weighted by Gasteiger charge is 2.73. The van der Waals surface area contributed by atoms with E-state index in [0.29, 0.717) is 11.8 Å². The van der Waals surface area contributed by atoms with E-state index in [2.05, 4.69) is 0 Å². The number of hydrogen-bond acceptors (Lipinski definition) is 2. The van der Waals surface area contributed by atoms with E-state index in [1.54, 1.807) is 0 Å². The highest BCUT2D eigenvalue weighted by atomic mass is 32.2. The minimum Gasteiger partial charge on any atom is -0.287 e. The monoisotopic (exact) mass is 314 g/mol. The van der Waals surface area contributed by atoms with Gasteiger partial charge in [0.1, 0.15) is 0 Å². The maximum Gasteiger partial charge on any atom is 0.374 e. The van der Waals surface area contributed by atoms with Crippen molar-refractivity contribution in [3.05, 3.63) is 0 Å². The predicted octanol–water partition coefficient (Wildman–Crippen LogP) is 4.31. The van der Waals surface area contributed by atoms with Gasteiger partial charge in [0.05, 0.1) is 0 Å². The van der Waals surface area contributed by atoms with Gasteiger partial charge < -0.3 is 0 Å². The third-order valence-corrected chi connectivity index (χ3v) is 3.36. The Bertz CT molecular complexity index is 317. The minimum absolute atomic E-state index is 0.00427. The van der Waals surface area contributed by atoms with Gasteiger partial charge in [0, 0.05) is 18.6 Å². The first-order valence-corrected chi connectivity index (χ1v) is 6.31. The smallest absolute Gasteiger partial charge is 0.287 e. The summed E-state index contributed by atoms with van der Waals surface area (Å²) in [4.78, 5) is 10.8. The van der Waals surface area contributed by atoms with E-state index in [1.165, 1.54) is 6.92 Å². The lowest BCUT2D eigenvalue weighted by Crippen LogP contribution is -2.57. The van der Waals surface area contributed by atoms with E-state index in [9.17, 15) is 35.5 Å². The third kappa shape index (κ3) is 4.00. The normalized spacial score (nSPS) is 15.4. The van der Waals surface area contributed by atoms with Gasteiger partial charge in [-0.25, -0.2) is 4.39 Å². The maximum absolute atomic E-state index is 13.1. The quantitative estimate of drug-likeness (QED) is 0.651. The van der Waals surface area contributed by atoms with E-state index < -0.39 is 41.2 Å². The molecule has 0 rings (SSSR count). The molecule has 0 amide bonds. The number of rotatable bonds is 7. The summed E-state index contributed by atoms with van der Waals surface area (Å²) in [5.74, 6) is -17.1. The molecule has 0 fully saturated rings. The first kappa shape index (κ1) is 18.5. The van der Waals surface area contributed by atoms with Crippen LogP contribution in [0.2, 0.25) is 0 Å². The van der Waals surface area contributed by atoms with Crippen LogP contribution in [-0.2, 0) is 4.79 Å². The van der Waals surface area contributed by atoms with Gasteiger partial charge in [0.15, 0.2) is 11.3 Å². The van der Waals surface area contributed by atoms with Crippen molar-refractivity contribution in [3.8, 4) is 0 Å². The molecule has 0 saturated carbocycles. The van der Waals surface area contributed by atoms with Crippen LogP contribution < -0.4 is 0 Å². The van der Waals surface area contributed by atoms with Crippen molar-refractivity contribution < 1.29 is 35.5 Å². The highest BCUT2D eigenvalue weighted by molar-refractivity contribution is 8.13. The summed E-state index contributed by atoms with van der Waals surface area (Å²) < 4.78 is 90.2. The van der Waals surface area contributed by atoms with Crippen LogP contribution in [0.5, 0.6) is 0 Å². The molecule has 0 aliphatic heterocycles. The second-order valence-electron chi connectivity index (χ2n) is 3.84. The van der Waals surface area contributed by atoms with Gasteiger partial charge in [0.25, 0.3) is 0 Å². The molecule has 0 aliphatic carbocycles. The van der Waals surface area contributed by atoms with E-state index >= 15 is 0 Å². The van der Waals surface area contributed by atoms with Crippen LogP contribution in [0, 0.1) is 0 Å². The predicted molar refractivity (Wildman–Crippen MR) is 57.8 cm³/mol. The third-order valence-electron chi connectivity index (χ3n) is 2.35. The zero-order valence-corrected chi connectivity index (χ0v) is 11.0. The topological polar surface area (TPSA) is 17.1 Å². The van der Waals surface area contributed by atoms with Crippen molar-refractivity contribution in [3.63, 3.8) is 0 Å². The van der Waals surface area contributed by atoms with Crippen LogP contribution in [0.1, 0.15) is 26.7 Å². The van der Waals surface area contributed by atoms with Crippen molar-refractivity contribution in [1.82, 2.24) is 0 Å². The van der Waals surface area contributed by atoms with Crippen LogP contribution in [0.3, 0.4) is 0 Å². The Morgan fingerprint density at radius 2 is 1.63 bits per heavy atom. The van der Waals surface area contributed by atoms with Gasteiger partial charge in [-0.05, 0) is 6.92 Å². The zero-order chi connectivity index (χ0) is 15.5. The molecule has 0 N–H and O–H groups in total. The molecule has 0 spiro atoms. The molecule has 0 aromatic carbocycles. The fourth-order valence-electron chi connectivity index (χ4n) is 1.05. The largest absolute Gasteiger partial charge is 0.374 e. The number of carbonyl (C=O) groups is 1. The Labute approximate surface area is 109 Å². The molecular weight excluding hydrogens is 301 g/mol. The first-order valence-electron chi connectivity index (χ1n) is 5.33. The summed E-state index contributed by atoms with van der Waals surface area (Å²) in [7, 11) is 0. The number of alkyl halides is 7. The van der Waals surface area contributed by atoms with Crippen LogP contribution in [0.15, 0.2) is 0 Å². The summed E-state index contributed by atoms with van der Waals surface area (Å²) in [5.41, 5.74) is 0. The van der Waals surface area contributed by atoms with Crippen molar-refractivity contribution in [2.45, 2.75) is 50.6 Å². The van der Waals surface area contributed by atoms with Gasteiger partial charge in [0.2, 0.25) is 0 Å². The summed E-state index contributed by atoms with van der Waals surface area (Å²) in [6.07, 6.45) is -5.05. The van der Waals surface area contributed by atoms with Crippen LogP contribution >= 0.6 is 11.8 Å². The van der Waals surface area contributed by atoms with Crippen molar-refractivity contribution >= 4 is 16.9 Å². The molecule has 1 unspecified atom stereocenters. The summed E-state index contributed by atoms with van der Waals surface area (Å²) in [5, 5.41) is -0.523. The van der Waals surface area contributed by atoms with Crippen molar-refractivity contribution in [2.75, 3.05) is 5.75 Å². The van der Waals surface area contributed by atoms with Crippen LogP contribution in [-0.4, -0.2) is 34.8 Å². The molecule has 114 valence electrons. The molecule has 1 nitrogen and oxygen atoms in total. The number of thioether (sulfide) groups is 1. The second kappa shape index (κ2) is 6.32. The van der Waals surface area contributed by atoms with Crippen molar-refractivity contribution in [1.29, 1.82) is 0 Å². The van der Waals surface area contributed by atoms with E-state index in [0.717, 1.165) is 0 Å². The van der Waals surface area contributed by atoms with Gasteiger partial charge in [-0.15, -0.1) is 0 Å². The molecule has 19 heavy (non-hydrogen) atoms. The van der Waals surface area contributed by atoms with E-state index in [4.69, 9.17) is 0 Å². The van der Waals surface area contributed by atoms with E-state index in [-0.39, 0.29) is 13.3 Å². The van der Waals surface area contributed by atoms with Gasteiger partial charge in [-0.3, -0.25) is 4.79 Å². The molecule has 0 aliphatic rings. The summed E-state index contributed by atoms with van der Waals surface area (Å²) in [6, 6.07) is 0. The molecule has 0 radical (unpaired) electrons. The molecule has 0 heterocycles. The lowest BCUT2D eigenvalue weighted by Gasteiger charge is -2.33. The molecular formula is C10H13F7OS. The molecule has 0 bridgehead atoms. The molecule has 0 saturated heterocycles. The summed E-state index contributed by atoms with van der Waals surface area (Å²) >= 11 is 0.348. The lowest BCUT2D eigenvalue weighted by atomic mass is 9.99. The van der Waals surface area contributed by atoms with E-state index in [1.807, 2.05) is 0 Å². The fourth-order valence-corrected chi connectivity index (χ4v) is 1.84. The molecule has 1 atom stereocenters. The first-order chi connectivity index (χ1) is 8.40. The number of hydrogen-bond donors (Lipinski definition) is 0. The Hall–Kier alpha value is -0.470. The highest BCUT2D eigenvalue weighted by Crippen LogP contribution is 2.49. The average Bonchev–Trinajstić information content (AvgIpc) is 2.27. The molecule has 9 heteroatoms. The van der Waals surface area contributed by atoms with Crippen LogP contribution in [0.25, 0.3) is 0 Å². The standard InChI is InChI=1S/C10H13F7OS/c1-3-7(18)19-5-4-8(12,13)10(16,17)9(14,15)6(2)11/h6H,3-5H2,1-2H3. The summed E-state index contributed by atoms with van der Waals surface area (Å²) in [6.45, 7) is 1.51. The Morgan fingerprint density at radius 3 is 2.00 bits per heavy atom. The van der Waals surface area contributed by atoms with Gasteiger partial charge in [-0.2, -0.15) is 26.3 Å². The number of halogens is 7. The fraction of sp³-hybridized carbons (Fsp3) is 0.900. The van der Waals surface area contributed by atoms with Gasteiger partial charge >= 0.3 is 17.8 Å². The zero-order valence-electron chi connectivity index (χ0n) is 10.2. The van der Waals surface area contributed by atoms with Gasteiger partial charge in [-0.1, -0.05) is 18.7 Å². The SMILES string of the molecule is CCC(=O)SCCC(F)(F)C(F)(F)C(F)(F)C(C)F. The minimum atomic E-state index is -5.82. The Morgan fingerprint density at radius 1 is 1.16 bits per heavy atom. The molecule has 0 aromatic rings. The van der Waals surface area contributed by atoms with Crippen LogP contribution in [0.4, 0.5) is 30.7 Å². The lowest BCUT2D eigenvalue weighted by molar-refractivity contribution is -0.323.